The quantitative estimate of drug-likeness (QED) is 0.246. The molecule has 0 aliphatic rings. The Bertz CT molecular complexity index is 1130. The van der Waals surface area contributed by atoms with E-state index in [-0.39, 0.29) is 30.1 Å². The summed E-state index contributed by atoms with van der Waals surface area (Å²) in [6, 6.07) is 25.9. The number of aromatic nitrogens is 2. The summed E-state index contributed by atoms with van der Waals surface area (Å²) >= 11 is 5.95. The van der Waals surface area contributed by atoms with E-state index in [4.69, 9.17) is 16.3 Å². The van der Waals surface area contributed by atoms with Gasteiger partial charge in [0.15, 0.2) is 0 Å². The molecule has 172 valence electrons. The van der Waals surface area contributed by atoms with E-state index in [1.54, 1.807) is 12.1 Å². The lowest BCUT2D eigenvalue weighted by atomic mass is 10.0. The summed E-state index contributed by atoms with van der Waals surface area (Å²) in [4.78, 5) is 0. The molecule has 1 heterocycles. The highest BCUT2D eigenvalue weighted by Crippen LogP contribution is 2.23. The molecular weight excluding hydrogens is 547 g/mol. The number of imidazole rings is 1. The summed E-state index contributed by atoms with van der Waals surface area (Å²) in [5.41, 5.74) is 4.40. The van der Waals surface area contributed by atoms with Crippen LogP contribution in [0.3, 0.4) is 0 Å². The van der Waals surface area contributed by atoms with Crippen LogP contribution < -0.4 is 28.5 Å². The molecule has 0 radical (unpaired) electrons. The standard InChI is InChI=1S/C27H28ClN2O2.HI/c1-21-7-5-6-10-25(21)27(32-19-22-8-3-2-4-9-22)18-30-16-15-29(20-30)17-26(31)23-11-13-24(28)14-12-23;/h2-16,20,26-27,31H,17-19H2,1H3;1H/q+1;/p-1. The maximum atomic E-state index is 10.6. The zero-order valence-corrected chi connectivity index (χ0v) is 21.4. The van der Waals surface area contributed by atoms with Gasteiger partial charge in [0.1, 0.15) is 37.7 Å². The van der Waals surface area contributed by atoms with Crippen LogP contribution >= 0.6 is 11.6 Å². The summed E-state index contributed by atoms with van der Waals surface area (Å²) < 4.78 is 10.5. The molecule has 6 heteroatoms. The largest absolute Gasteiger partial charge is 1.00 e. The van der Waals surface area contributed by atoms with Gasteiger partial charge in [-0.15, -0.1) is 0 Å². The first-order valence-corrected chi connectivity index (χ1v) is 11.2. The van der Waals surface area contributed by atoms with Gasteiger partial charge in [0.05, 0.1) is 6.61 Å². The van der Waals surface area contributed by atoms with Crippen molar-refractivity contribution in [2.24, 2.45) is 0 Å². The van der Waals surface area contributed by atoms with Crippen LogP contribution in [0.4, 0.5) is 0 Å². The molecule has 0 aliphatic carbocycles. The molecule has 2 unspecified atom stereocenters. The summed E-state index contributed by atoms with van der Waals surface area (Å²) in [6.45, 7) is 3.82. The smallest absolute Gasteiger partial charge is 0.243 e. The summed E-state index contributed by atoms with van der Waals surface area (Å²) in [5, 5.41) is 11.2. The topological polar surface area (TPSA) is 38.3 Å². The predicted octanol–water partition coefficient (Wildman–Crippen LogP) is 2.43. The van der Waals surface area contributed by atoms with Crippen molar-refractivity contribution in [3.05, 3.63) is 125 Å². The number of aliphatic hydroxyl groups excluding tert-OH is 1. The first kappa shape index (κ1) is 25.4. The number of hydrogen-bond acceptors (Lipinski definition) is 2. The lowest BCUT2D eigenvalue weighted by Gasteiger charge is -2.19. The molecule has 0 bridgehead atoms. The molecule has 2 atom stereocenters. The van der Waals surface area contributed by atoms with Crippen molar-refractivity contribution in [3.8, 4) is 0 Å². The van der Waals surface area contributed by atoms with Gasteiger partial charge in [0, 0.05) is 5.02 Å². The van der Waals surface area contributed by atoms with Crippen molar-refractivity contribution in [3.63, 3.8) is 0 Å². The molecule has 0 saturated carbocycles. The van der Waals surface area contributed by atoms with Crippen molar-refractivity contribution in [2.45, 2.75) is 38.8 Å². The van der Waals surface area contributed by atoms with Crippen molar-refractivity contribution < 1.29 is 38.4 Å². The van der Waals surface area contributed by atoms with Crippen LogP contribution in [0.25, 0.3) is 0 Å². The lowest BCUT2D eigenvalue weighted by molar-refractivity contribution is -0.705. The second-order valence-electron chi connectivity index (χ2n) is 8.02. The third-order valence-electron chi connectivity index (χ3n) is 5.59. The third-order valence-corrected chi connectivity index (χ3v) is 5.84. The second-order valence-corrected chi connectivity index (χ2v) is 8.45. The van der Waals surface area contributed by atoms with E-state index < -0.39 is 6.10 Å². The number of nitrogens with zero attached hydrogens (tertiary/aromatic N) is 2. The van der Waals surface area contributed by atoms with Crippen LogP contribution in [-0.2, 0) is 24.4 Å². The summed E-state index contributed by atoms with van der Waals surface area (Å²) in [5.74, 6) is 0. The number of aryl methyl sites for hydroxylation is 1. The molecule has 4 aromatic rings. The minimum atomic E-state index is -0.602. The van der Waals surface area contributed by atoms with Crippen LogP contribution in [0, 0.1) is 6.92 Å². The number of ether oxygens (including phenoxy) is 1. The Balaban J connectivity index is 0.00000306. The van der Waals surface area contributed by atoms with Crippen LogP contribution in [0.5, 0.6) is 0 Å². The fraction of sp³-hybridized carbons (Fsp3) is 0.222. The monoisotopic (exact) mass is 574 g/mol. The maximum absolute atomic E-state index is 10.6. The van der Waals surface area contributed by atoms with Crippen LogP contribution in [0.2, 0.25) is 5.02 Å². The number of rotatable bonds is 9. The van der Waals surface area contributed by atoms with Crippen LogP contribution in [0.1, 0.15) is 34.5 Å². The summed E-state index contributed by atoms with van der Waals surface area (Å²) in [7, 11) is 0. The molecule has 0 amide bonds. The maximum Gasteiger partial charge on any atom is 0.243 e. The Morgan fingerprint density at radius 3 is 2.39 bits per heavy atom. The van der Waals surface area contributed by atoms with E-state index in [2.05, 4.69) is 47.9 Å². The summed E-state index contributed by atoms with van der Waals surface area (Å²) in [6.07, 6.45) is 5.32. The number of benzene rings is 3. The molecule has 33 heavy (non-hydrogen) atoms. The minimum Gasteiger partial charge on any atom is -1.00 e. The Morgan fingerprint density at radius 2 is 1.67 bits per heavy atom. The third kappa shape index (κ3) is 7.14. The molecule has 0 fully saturated rings. The first-order chi connectivity index (χ1) is 15.6. The zero-order valence-electron chi connectivity index (χ0n) is 18.5. The molecule has 4 nitrogen and oxygen atoms in total. The molecule has 1 N–H and O–H groups in total. The Kier molecular flexibility index (Phi) is 9.50. The van der Waals surface area contributed by atoms with Gasteiger partial charge in [-0.05, 0) is 41.3 Å². The average Bonchev–Trinajstić information content (AvgIpc) is 3.25. The lowest BCUT2D eigenvalue weighted by Crippen LogP contribution is -3.00. The zero-order chi connectivity index (χ0) is 22.3. The molecular formula is C27H28ClIN2O2. The van der Waals surface area contributed by atoms with Crippen LogP contribution in [-0.4, -0.2) is 9.67 Å². The Morgan fingerprint density at radius 1 is 0.970 bits per heavy atom. The van der Waals surface area contributed by atoms with Crippen molar-refractivity contribution in [1.82, 2.24) is 4.57 Å². The Hall–Kier alpha value is -2.19. The van der Waals surface area contributed by atoms with E-state index in [1.165, 1.54) is 11.1 Å². The minimum absolute atomic E-state index is 0. The van der Waals surface area contributed by atoms with E-state index >= 15 is 0 Å². The molecule has 4 rings (SSSR count). The van der Waals surface area contributed by atoms with Gasteiger partial charge in [0.2, 0.25) is 6.33 Å². The van der Waals surface area contributed by atoms with Crippen LogP contribution in [0.15, 0.2) is 97.6 Å². The van der Waals surface area contributed by atoms with E-state index in [9.17, 15) is 5.11 Å². The Labute approximate surface area is 217 Å². The van der Waals surface area contributed by atoms with E-state index in [0.29, 0.717) is 24.7 Å². The highest BCUT2D eigenvalue weighted by atomic mass is 127. The number of halogens is 2. The predicted molar refractivity (Wildman–Crippen MR) is 126 cm³/mol. The first-order valence-electron chi connectivity index (χ1n) is 10.8. The molecule has 0 saturated heterocycles. The van der Waals surface area contributed by atoms with Gasteiger partial charge < -0.3 is 33.8 Å². The van der Waals surface area contributed by atoms with Gasteiger partial charge >= 0.3 is 0 Å². The second kappa shape index (κ2) is 12.3. The van der Waals surface area contributed by atoms with E-state index in [0.717, 1.165) is 11.1 Å². The normalized spacial score (nSPS) is 12.7. The van der Waals surface area contributed by atoms with Gasteiger partial charge in [-0.2, -0.15) is 0 Å². The highest BCUT2D eigenvalue weighted by molar-refractivity contribution is 6.30. The molecule has 0 spiro atoms. The van der Waals surface area contributed by atoms with Crippen molar-refractivity contribution in [1.29, 1.82) is 0 Å². The van der Waals surface area contributed by atoms with Gasteiger partial charge in [-0.25, -0.2) is 9.13 Å². The van der Waals surface area contributed by atoms with Gasteiger partial charge in [0.25, 0.3) is 0 Å². The van der Waals surface area contributed by atoms with E-state index in [1.807, 2.05) is 53.6 Å². The molecule has 3 aromatic carbocycles. The number of hydrogen-bond donors (Lipinski definition) is 1. The number of aliphatic hydroxyl groups is 1. The van der Waals surface area contributed by atoms with Gasteiger partial charge in [-0.1, -0.05) is 78.3 Å². The average molecular weight is 575 g/mol. The highest BCUT2D eigenvalue weighted by Gasteiger charge is 2.19. The molecule has 1 aromatic heterocycles. The van der Waals surface area contributed by atoms with Crippen molar-refractivity contribution >= 4 is 11.6 Å². The molecule has 0 aliphatic heterocycles. The van der Waals surface area contributed by atoms with Gasteiger partial charge in [-0.3, -0.25) is 0 Å². The SMILES string of the molecule is Cc1ccccc1C(C[n+]1ccn(CC(O)c2ccc(Cl)cc2)c1)OCc1ccccc1.[I-]. The fourth-order valence-electron chi connectivity index (χ4n) is 3.80. The fourth-order valence-corrected chi connectivity index (χ4v) is 3.92. The van der Waals surface area contributed by atoms with Crippen molar-refractivity contribution in [2.75, 3.05) is 0 Å².